The Kier molecular flexibility index (Phi) is 5.88. The van der Waals surface area contributed by atoms with E-state index in [1.807, 2.05) is 11.8 Å². The Balaban J connectivity index is 2.30. The van der Waals surface area contributed by atoms with E-state index in [2.05, 4.69) is 39.9 Å². The molecule has 0 aliphatic rings. The van der Waals surface area contributed by atoms with Gasteiger partial charge in [0.15, 0.2) is 0 Å². The minimum atomic E-state index is 0.711. The van der Waals surface area contributed by atoms with Crippen molar-refractivity contribution in [2.45, 2.75) is 46.8 Å². The number of hydrogen-bond acceptors (Lipinski definition) is 5. The Morgan fingerprint density at radius 3 is 2.67 bits per heavy atom. The fourth-order valence-corrected chi connectivity index (χ4v) is 4.06. The molecule has 3 nitrogen and oxygen atoms in total. The number of fused-ring (bicyclic) bond motifs is 1. The van der Waals surface area contributed by atoms with Crippen molar-refractivity contribution in [3.63, 3.8) is 0 Å². The van der Waals surface area contributed by atoms with Gasteiger partial charge in [-0.3, -0.25) is 0 Å². The van der Waals surface area contributed by atoms with Crippen LogP contribution in [0.2, 0.25) is 0 Å². The van der Waals surface area contributed by atoms with E-state index in [-0.39, 0.29) is 0 Å². The first kappa shape index (κ1) is 16.6. The average Bonchev–Trinajstić information content (AvgIpc) is 2.71. The van der Waals surface area contributed by atoms with Crippen LogP contribution in [-0.2, 0) is 5.75 Å². The van der Waals surface area contributed by atoms with E-state index >= 15 is 0 Å². The summed E-state index contributed by atoms with van der Waals surface area (Å²) in [6.45, 7) is 12.0. The number of rotatable bonds is 7. The fourth-order valence-electron chi connectivity index (χ4n) is 2.12. The summed E-state index contributed by atoms with van der Waals surface area (Å²) in [7, 11) is 0. The second-order valence-electron chi connectivity index (χ2n) is 5.79. The number of thiophene rings is 1. The van der Waals surface area contributed by atoms with Gasteiger partial charge in [-0.2, -0.15) is 11.8 Å². The summed E-state index contributed by atoms with van der Waals surface area (Å²) in [5, 5.41) is 4.69. The zero-order chi connectivity index (χ0) is 15.4. The lowest BCUT2D eigenvalue weighted by Gasteiger charge is -2.09. The highest BCUT2D eigenvalue weighted by Crippen LogP contribution is 2.33. The van der Waals surface area contributed by atoms with Crippen LogP contribution in [0.4, 0.5) is 5.82 Å². The Morgan fingerprint density at radius 1 is 1.24 bits per heavy atom. The first-order valence-corrected chi connectivity index (χ1v) is 9.58. The fraction of sp³-hybridized carbons (Fsp3) is 0.625. The van der Waals surface area contributed by atoms with Crippen LogP contribution in [0, 0.1) is 19.8 Å². The predicted molar refractivity (Wildman–Crippen MR) is 96.7 cm³/mol. The molecule has 0 bridgehead atoms. The van der Waals surface area contributed by atoms with Crippen LogP contribution in [0.25, 0.3) is 10.2 Å². The van der Waals surface area contributed by atoms with E-state index < -0.39 is 0 Å². The van der Waals surface area contributed by atoms with E-state index in [4.69, 9.17) is 9.97 Å². The second kappa shape index (κ2) is 7.45. The number of nitrogens with one attached hydrogen (secondary N) is 1. The molecule has 0 aliphatic heterocycles. The molecule has 0 atom stereocenters. The molecule has 2 heterocycles. The molecular formula is C16H25N3S2. The first-order chi connectivity index (χ1) is 10.0. The SMILES string of the molecule is CCCNc1nc(CSCC(C)C)nc2sc(C)c(C)c12. The summed E-state index contributed by atoms with van der Waals surface area (Å²) in [4.78, 5) is 12.0. The highest BCUT2D eigenvalue weighted by molar-refractivity contribution is 7.98. The number of anilines is 1. The van der Waals surface area contributed by atoms with E-state index in [9.17, 15) is 0 Å². The third kappa shape index (κ3) is 4.10. The van der Waals surface area contributed by atoms with Crippen molar-refractivity contribution < 1.29 is 0 Å². The van der Waals surface area contributed by atoms with Crippen molar-refractivity contribution in [3.8, 4) is 0 Å². The number of nitrogens with zero attached hydrogens (tertiary/aromatic N) is 2. The zero-order valence-corrected chi connectivity index (χ0v) is 15.2. The molecule has 2 aromatic rings. The van der Waals surface area contributed by atoms with Crippen molar-refractivity contribution in [1.29, 1.82) is 0 Å². The lowest BCUT2D eigenvalue weighted by Crippen LogP contribution is -2.06. The molecule has 21 heavy (non-hydrogen) atoms. The molecule has 0 aliphatic carbocycles. The third-order valence-electron chi connectivity index (χ3n) is 3.30. The maximum atomic E-state index is 4.77. The highest BCUT2D eigenvalue weighted by Gasteiger charge is 2.14. The van der Waals surface area contributed by atoms with Crippen LogP contribution in [-0.4, -0.2) is 22.3 Å². The Bertz CT molecular complexity index is 605. The van der Waals surface area contributed by atoms with Crippen molar-refractivity contribution in [2.75, 3.05) is 17.6 Å². The molecule has 0 saturated heterocycles. The van der Waals surface area contributed by atoms with Gasteiger partial charge in [-0.15, -0.1) is 11.3 Å². The average molecular weight is 324 g/mol. The van der Waals surface area contributed by atoms with Crippen molar-refractivity contribution in [3.05, 3.63) is 16.3 Å². The molecule has 0 amide bonds. The van der Waals surface area contributed by atoms with E-state index in [0.717, 1.165) is 40.9 Å². The van der Waals surface area contributed by atoms with Crippen molar-refractivity contribution in [2.24, 2.45) is 5.92 Å². The Morgan fingerprint density at radius 2 is 2.00 bits per heavy atom. The van der Waals surface area contributed by atoms with Gasteiger partial charge >= 0.3 is 0 Å². The maximum Gasteiger partial charge on any atom is 0.142 e. The van der Waals surface area contributed by atoms with E-state index in [1.165, 1.54) is 15.8 Å². The van der Waals surface area contributed by atoms with Gasteiger partial charge in [-0.25, -0.2) is 9.97 Å². The van der Waals surface area contributed by atoms with E-state index in [1.54, 1.807) is 11.3 Å². The third-order valence-corrected chi connectivity index (χ3v) is 5.77. The molecule has 2 rings (SSSR count). The minimum Gasteiger partial charge on any atom is -0.369 e. The normalized spacial score (nSPS) is 11.5. The smallest absolute Gasteiger partial charge is 0.142 e. The molecular weight excluding hydrogens is 298 g/mol. The van der Waals surface area contributed by atoms with Crippen LogP contribution < -0.4 is 5.32 Å². The van der Waals surface area contributed by atoms with Crippen LogP contribution in [0.3, 0.4) is 0 Å². The van der Waals surface area contributed by atoms with Gasteiger partial charge in [0.1, 0.15) is 16.5 Å². The summed E-state index contributed by atoms with van der Waals surface area (Å²) in [5.41, 5.74) is 1.31. The van der Waals surface area contributed by atoms with Crippen molar-refractivity contribution >= 4 is 39.1 Å². The number of hydrogen-bond donors (Lipinski definition) is 1. The number of aromatic nitrogens is 2. The standard InChI is InChI=1S/C16H25N3S2/c1-6-7-17-15-14-11(4)12(5)21-16(14)19-13(18-15)9-20-8-10(2)3/h10H,6-9H2,1-5H3,(H,17,18,19). The van der Waals surface area contributed by atoms with E-state index in [0.29, 0.717) is 5.92 Å². The topological polar surface area (TPSA) is 37.8 Å². The van der Waals surface area contributed by atoms with Gasteiger partial charge in [0, 0.05) is 11.4 Å². The van der Waals surface area contributed by atoms with Crippen LogP contribution in [0.1, 0.15) is 43.5 Å². The molecule has 1 N–H and O–H groups in total. The lowest BCUT2D eigenvalue weighted by molar-refractivity contribution is 0.750. The summed E-state index contributed by atoms with van der Waals surface area (Å²) < 4.78 is 0. The molecule has 0 aromatic carbocycles. The zero-order valence-electron chi connectivity index (χ0n) is 13.6. The molecule has 2 aromatic heterocycles. The van der Waals surface area contributed by atoms with Crippen LogP contribution in [0.5, 0.6) is 0 Å². The lowest BCUT2D eigenvalue weighted by atomic mass is 10.2. The summed E-state index contributed by atoms with van der Waals surface area (Å²) in [6.07, 6.45) is 1.10. The minimum absolute atomic E-state index is 0.711. The quantitative estimate of drug-likeness (QED) is 0.776. The Labute approximate surface area is 136 Å². The molecule has 0 radical (unpaired) electrons. The van der Waals surface area contributed by atoms with Crippen LogP contribution in [0.15, 0.2) is 0 Å². The molecule has 0 spiro atoms. The number of thioether (sulfide) groups is 1. The molecule has 0 unspecified atom stereocenters. The second-order valence-corrected chi connectivity index (χ2v) is 8.02. The van der Waals surface area contributed by atoms with Gasteiger partial charge in [0.2, 0.25) is 0 Å². The van der Waals surface area contributed by atoms with Gasteiger partial charge in [-0.05, 0) is 37.5 Å². The maximum absolute atomic E-state index is 4.77. The van der Waals surface area contributed by atoms with Crippen molar-refractivity contribution in [1.82, 2.24) is 9.97 Å². The molecule has 116 valence electrons. The van der Waals surface area contributed by atoms with Gasteiger partial charge in [-0.1, -0.05) is 20.8 Å². The summed E-state index contributed by atoms with van der Waals surface area (Å²) in [5.74, 6) is 4.73. The summed E-state index contributed by atoms with van der Waals surface area (Å²) >= 11 is 3.70. The predicted octanol–water partition coefficient (Wildman–Crippen LogP) is 5.02. The highest BCUT2D eigenvalue weighted by atomic mass is 32.2. The summed E-state index contributed by atoms with van der Waals surface area (Å²) in [6, 6.07) is 0. The van der Waals surface area contributed by atoms with Crippen LogP contribution >= 0.6 is 23.1 Å². The largest absolute Gasteiger partial charge is 0.369 e. The monoisotopic (exact) mass is 323 g/mol. The number of aryl methyl sites for hydroxylation is 2. The molecule has 0 saturated carbocycles. The molecule has 0 fully saturated rings. The van der Waals surface area contributed by atoms with Gasteiger partial charge < -0.3 is 5.32 Å². The van der Waals surface area contributed by atoms with Gasteiger partial charge in [0.25, 0.3) is 0 Å². The Hall–Kier alpha value is -0.810. The van der Waals surface area contributed by atoms with Gasteiger partial charge in [0.05, 0.1) is 11.1 Å². The first-order valence-electron chi connectivity index (χ1n) is 7.61. The molecule has 5 heteroatoms.